The van der Waals surface area contributed by atoms with Crippen molar-refractivity contribution in [1.82, 2.24) is 10.2 Å². The van der Waals surface area contributed by atoms with Crippen LogP contribution in [0, 0.1) is 0 Å². The summed E-state index contributed by atoms with van der Waals surface area (Å²) < 4.78 is 15.9. The van der Waals surface area contributed by atoms with Crippen LogP contribution in [0.2, 0.25) is 0 Å². The third-order valence-electron chi connectivity index (χ3n) is 4.93. The molecule has 0 aromatic heterocycles. The first-order valence-electron chi connectivity index (χ1n) is 9.09. The van der Waals surface area contributed by atoms with E-state index in [2.05, 4.69) is 5.32 Å². The van der Waals surface area contributed by atoms with Gasteiger partial charge in [-0.2, -0.15) is 0 Å². The van der Waals surface area contributed by atoms with Gasteiger partial charge in [0.05, 0.1) is 20.8 Å². The second-order valence-corrected chi connectivity index (χ2v) is 6.40. The number of rotatable bonds is 8. The molecule has 7 nitrogen and oxygen atoms in total. The molecule has 0 unspecified atom stereocenters. The lowest BCUT2D eigenvalue weighted by molar-refractivity contribution is -0.132. The Kier molecular flexibility index (Phi) is 5.73. The first-order chi connectivity index (χ1) is 13.5. The number of methoxy groups -OCH3 is 2. The monoisotopic (exact) mass is 384 g/mol. The number of hydrogen-bond acceptors (Lipinski definition) is 5. The summed E-state index contributed by atoms with van der Waals surface area (Å²) >= 11 is 0. The van der Waals surface area contributed by atoms with Crippen molar-refractivity contribution in [3.05, 3.63) is 54.1 Å². The van der Waals surface area contributed by atoms with Gasteiger partial charge in [-0.3, -0.25) is 9.69 Å². The van der Waals surface area contributed by atoms with Crippen molar-refractivity contribution >= 4 is 11.9 Å². The fraction of sp³-hybridized carbons (Fsp3) is 0.333. The fourth-order valence-corrected chi connectivity index (χ4v) is 3.27. The second-order valence-electron chi connectivity index (χ2n) is 6.40. The Bertz CT molecular complexity index is 835. The average molecular weight is 384 g/mol. The molecule has 1 saturated heterocycles. The molecule has 1 atom stereocenters. The quantitative estimate of drug-likeness (QED) is 0.708. The summed E-state index contributed by atoms with van der Waals surface area (Å²) in [5.74, 6) is 1.79. The van der Waals surface area contributed by atoms with Crippen LogP contribution < -0.4 is 19.5 Å². The molecule has 2 aromatic rings. The molecule has 0 bridgehead atoms. The number of nitrogens with zero attached hydrogens (tertiary/aromatic N) is 1. The third-order valence-corrected chi connectivity index (χ3v) is 4.93. The number of hydrogen-bond donors (Lipinski definition) is 1. The summed E-state index contributed by atoms with van der Waals surface area (Å²) in [6.45, 7) is 2.24. The van der Waals surface area contributed by atoms with Gasteiger partial charge in [0.25, 0.3) is 5.91 Å². The van der Waals surface area contributed by atoms with Crippen LogP contribution in [0.1, 0.15) is 18.9 Å². The first-order valence-corrected chi connectivity index (χ1v) is 9.09. The van der Waals surface area contributed by atoms with E-state index in [0.717, 1.165) is 11.3 Å². The van der Waals surface area contributed by atoms with Crippen LogP contribution in [0.15, 0.2) is 48.5 Å². The highest BCUT2D eigenvalue weighted by Crippen LogP contribution is 2.33. The summed E-state index contributed by atoms with van der Waals surface area (Å²) in [5.41, 5.74) is -0.337. The third kappa shape index (κ3) is 3.60. The lowest BCUT2D eigenvalue weighted by atomic mass is 9.87. The number of nitrogens with one attached hydrogen (secondary N) is 1. The number of carbonyl (C=O) groups is 2. The van der Waals surface area contributed by atoms with Gasteiger partial charge in [0.1, 0.15) is 29.4 Å². The molecule has 0 saturated carbocycles. The Morgan fingerprint density at radius 2 is 1.43 bits per heavy atom. The molecule has 0 spiro atoms. The van der Waals surface area contributed by atoms with E-state index < -0.39 is 11.6 Å². The molecule has 3 rings (SSSR count). The van der Waals surface area contributed by atoms with Gasteiger partial charge in [-0.1, -0.05) is 19.1 Å². The van der Waals surface area contributed by atoms with Gasteiger partial charge in [-0.25, -0.2) is 4.79 Å². The molecule has 7 heteroatoms. The maximum Gasteiger partial charge on any atom is 0.325 e. The van der Waals surface area contributed by atoms with Crippen LogP contribution in [0.3, 0.4) is 0 Å². The van der Waals surface area contributed by atoms with Crippen LogP contribution in [0.4, 0.5) is 4.79 Å². The van der Waals surface area contributed by atoms with Crippen molar-refractivity contribution in [2.45, 2.75) is 18.9 Å². The Morgan fingerprint density at radius 1 is 0.893 bits per heavy atom. The minimum Gasteiger partial charge on any atom is -0.497 e. The molecule has 1 heterocycles. The van der Waals surface area contributed by atoms with Gasteiger partial charge < -0.3 is 19.5 Å². The molecule has 1 aliphatic rings. The number of carbonyl (C=O) groups excluding carboxylic acids is 2. The summed E-state index contributed by atoms with van der Waals surface area (Å²) in [6.07, 6.45) is 0.444. The summed E-state index contributed by atoms with van der Waals surface area (Å²) in [5, 5.41) is 2.86. The van der Waals surface area contributed by atoms with E-state index in [-0.39, 0.29) is 19.1 Å². The van der Waals surface area contributed by atoms with Crippen LogP contribution in [0.5, 0.6) is 17.2 Å². The smallest absolute Gasteiger partial charge is 0.325 e. The van der Waals surface area contributed by atoms with Gasteiger partial charge >= 0.3 is 6.03 Å². The molecule has 0 aliphatic carbocycles. The number of imide groups is 1. The van der Waals surface area contributed by atoms with Gasteiger partial charge in [-0.15, -0.1) is 0 Å². The summed E-state index contributed by atoms with van der Waals surface area (Å²) in [7, 11) is 3.17. The van der Waals surface area contributed by atoms with Crippen LogP contribution in [-0.2, 0) is 10.3 Å². The molecule has 1 N–H and O–H groups in total. The highest BCUT2D eigenvalue weighted by Gasteiger charge is 2.51. The van der Waals surface area contributed by atoms with E-state index in [4.69, 9.17) is 14.2 Å². The zero-order valence-corrected chi connectivity index (χ0v) is 16.2. The lowest BCUT2D eigenvalue weighted by Crippen LogP contribution is -2.43. The van der Waals surface area contributed by atoms with E-state index in [9.17, 15) is 9.59 Å². The molecule has 148 valence electrons. The van der Waals surface area contributed by atoms with Crippen molar-refractivity contribution in [3.63, 3.8) is 0 Å². The first kappa shape index (κ1) is 19.5. The van der Waals surface area contributed by atoms with Gasteiger partial charge in [0.2, 0.25) is 0 Å². The molecule has 1 fully saturated rings. The predicted molar refractivity (Wildman–Crippen MR) is 104 cm³/mol. The molecule has 0 radical (unpaired) electrons. The Balaban J connectivity index is 1.68. The minimum atomic E-state index is -1.07. The zero-order chi connectivity index (χ0) is 20.1. The minimum absolute atomic E-state index is 0.161. The number of benzene rings is 2. The molecule has 28 heavy (non-hydrogen) atoms. The predicted octanol–water partition coefficient (Wildman–Crippen LogP) is 2.94. The van der Waals surface area contributed by atoms with Gasteiger partial charge in [0.15, 0.2) is 0 Å². The summed E-state index contributed by atoms with van der Waals surface area (Å²) in [4.78, 5) is 26.8. The van der Waals surface area contributed by atoms with Gasteiger partial charge in [-0.05, 0) is 48.4 Å². The van der Waals surface area contributed by atoms with Crippen LogP contribution in [0.25, 0.3) is 0 Å². The summed E-state index contributed by atoms with van der Waals surface area (Å²) in [6, 6.07) is 13.9. The van der Waals surface area contributed by atoms with Gasteiger partial charge in [0, 0.05) is 0 Å². The molecule has 1 aliphatic heterocycles. The standard InChI is InChI=1S/C21H24N2O5/c1-4-21(15-5-7-16(26-2)8-6-15)19(24)23(20(25)22-21)13-14-28-18-11-9-17(27-3)10-12-18/h5-12H,4,13-14H2,1-3H3,(H,22,25)/t21-/m1/s1. The molecular weight excluding hydrogens is 360 g/mol. The molecule has 3 amide bonds. The SMILES string of the molecule is CC[C@]1(c2ccc(OC)cc2)NC(=O)N(CCOc2ccc(OC)cc2)C1=O. The van der Waals surface area contributed by atoms with E-state index in [1.54, 1.807) is 62.8 Å². The highest BCUT2D eigenvalue weighted by atomic mass is 16.5. The average Bonchev–Trinajstić information content (AvgIpc) is 2.99. The van der Waals surface area contributed by atoms with Crippen molar-refractivity contribution in [2.24, 2.45) is 0 Å². The lowest BCUT2D eigenvalue weighted by Gasteiger charge is -2.26. The van der Waals surface area contributed by atoms with E-state index in [0.29, 0.717) is 17.9 Å². The second kappa shape index (κ2) is 8.21. The zero-order valence-electron chi connectivity index (χ0n) is 16.2. The topological polar surface area (TPSA) is 77.1 Å². The Labute approximate surface area is 164 Å². The number of ether oxygens (including phenoxy) is 3. The maximum absolute atomic E-state index is 13.1. The molecular formula is C21H24N2O5. The maximum atomic E-state index is 13.1. The van der Waals surface area contributed by atoms with Crippen molar-refractivity contribution in [2.75, 3.05) is 27.4 Å². The number of urea groups is 1. The Morgan fingerprint density at radius 3 is 1.96 bits per heavy atom. The molecule has 2 aromatic carbocycles. The van der Waals surface area contributed by atoms with Crippen LogP contribution >= 0.6 is 0 Å². The largest absolute Gasteiger partial charge is 0.497 e. The van der Waals surface area contributed by atoms with Crippen molar-refractivity contribution in [1.29, 1.82) is 0 Å². The fourth-order valence-electron chi connectivity index (χ4n) is 3.27. The van der Waals surface area contributed by atoms with E-state index in [1.165, 1.54) is 4.90 Å². The Hall–Kier alpha value is -3.22. The normalized spacial score (nSPS) is 18.8. The van der Waals surface area contributed by atoms with Crippen molar-refractivity contribution < 1.29 is 23.8 Å². The highest BCUT2D eigenvalue weighted by molar-refractivity contribution is 6.07. The van der Waals surface area contributed by atoms with Crippen LogP contribution in [-0.4, -0.2) is 44.2 Å². The van der Waals surface area contributed by atoms with Crippen molar-refractivity contribution in [3.8, 4) is 17.2 Å². The number of amides is 3. The van der Waals surface area contributed by atoms with E-state index >= 15 is 0 Å². The van der Waals surface area contributed by atoms with E-state index in [1.807, 2.05) is 6.92 Å².